The predicted octanol–water partition coefficient (Wildman–Crippen LogP) is 2.93. The SMILES string of the molecule is Cc1nn(C)c(C)c1-c1nn2c(-c3ccsc3)nnc2s1. The molecule has 0 N–H and O–H groups in total. The van der Waals surface area contributed by atoms with E-state index in [0.717, 1.165) is 38.3 Å². The van der Waals surface area contributed by atoms with Crippen LogP contribution in [0.4, 0.5) is 0 Å². The summed E-state index contributed by atoms with van der Waals surface area (Å²) in [6.07, 6.45) is 0. The fraction of sp³-hybridized carbons (Fsp3) is 0.231. The average Bonchev–Trinajstić information content (AvgIpc) is 3.15. The summed E-state index contributed by atoms with van der Waals surface area (Å²) < 4.78 is 3.70. The van der Waals surface area contributed by atoms with Crippen molar-refractivity contribution in [3.63, 3.8) is 0 Å². The summed E-state index contributed by atoms with van der Waals surface area (Å²) in [5.74, 6) is 0.785. The molecule has 0 aliphatic carbocycles. The molecule has 106 valence electrons. The minimum atomic E-state index is 0.785. The Labute approximate surface area is 128 Å². The Balaban J connectivity index is 1.92. The van der Waals surface area contributed by atoms with Crippen molar-refractivity contribution < 1.29 is 0 Å². The highest BCUT2D eigenvalue weighted by atomic mass is 32.1. The molecule has 0 saturated carbocycles. The number of rotatable bonds is 2. The van der Waals surface area contributed by atoms with Crippen molar-refractivity contribution in [3.05, 3.63) is 28.2 Å². The van der Waals surface area contributed by atoms with Crippen molar-refractivity contribution in [2.24, 2.45) is 7.05 Å². The van der Waals surface area contributed by atoms with Crippen LogP contribution in [0.3, 0.4) is 0 Å². The van der Waals surface area contributed by atoms with Crippen LogP contribution in [0.2, 0.25) is 0 Å². The van der Waals surface area contributed by atoms with Crippen molar-refractivity contribution in [2.75, 3.05) is 0 Å². The lowest BCUT2D eigenvalue weighted by atomic mass is 10.2. The first kappa shape index (κ1) is 12.7. The maximum absolute atomic E-state index is 4.70. The molecule has 0 aliphatic rings. The van der Waals surface area contributed by atoms with Crippen LogP contribution in [0, 0.1) is 13.8 Å². The predicted molar refractivity (Wildman–Crippen MR) is 83.6 cm³/mol. The first-order valence-electron chi connectivity index (χ1n) is 6.40. The topological polar surface area (TPSA) is 60.9 Å². The zero-order chi connectivity index (χ0) is 14.6. The minimum absolute atomic E-state index is 0.785. The second-order valence-electron chi connectivity index (χ2n) is 4.81. The summed E-state index contributed by atoms with van der Waals surface area (Å²) in [4.78, 5) is 0.800. The molecule has 21 heavy (non-hydrogen) atoms. The number of hydrogen-bond acceptors (Lipinski definition) is 6. The zero-order valence-corrected chi connectivity index (χ0v) is 13.4. The molecule has 6 nitrogen and oxygen atoms in total. The quantitative estimate of drug-likeness (QED) is 0.570. The molecule has 0 radical (unpaired) electrons. The Morgan fingerprint density at radius 2 is 2.00 bits per heavy atom. The first-order valence-corrected chi connectivity index (χ1v) is 8.16. The summed E-state index contributed by atoms with van der Waals surface area (Å²) in [6.45, 7) is 4.06. The van der Waals surface area contributed by atoms with E-state index < -0.39 is 0 Å². The van der Waals surface area contributed by atoms with Gasteiger partial charge in [0.2, 0.25) is 4.96 Å². The maximum atomic E-state index is 4.70. The van der Waals surface area contributed by atoms with E-state index in [1.807, 2.05) is 34.6 Å². The Kier molecular flexibility index (Phi) is 2.69. The third-order valence-electron chi connectivity index (χ3n) is 3.49. The molecule has 0 spiro atoms. The lowest BCUT2D eigenvalue weighted by molar-refractivity contribution is 0.731. The Morgan fingerprint density at radius 3 is 2.67 bits per heavy atom. The van der Waals surface area contributed by atoms with Crippen molar-refractivity contribution in [1.82, 2.24) is 29.6 Å². The summed E-state index contributed by atoms with van der Waals surface area (Å²) in [7, 11) is 1.95. The highest BCUT2D eigenvalue weighted by molar-refractivity contribution is 7.19. The molecule has 4 rings (SSSR count). The second kappa shape index (κ2) is 4.47. The number of nitrogens with zero attached hydrogens (tertiary/aromatic N) is 6. The van der Waals surface area contributed by atoms with Gasteiger partial charge in [-0.25, -0.2) is 0 Å². The van der Waals surface area contributed by atoms with E-state index >= 15 is 0 Å². The average molecular weight is 316 g/mol. The van der Waals surface area contributed by atoms with Crippen LogP contribution in [0.1, 0.15) is 11.4 Å². The summed E-state index contributed by atoms with van der Waals surface area (Å²) >= 11 is 3.18. The van der Waals surface area contributed by atoms with E-state index in [4.69, 9.17) is 5.10 Å². The van der Waals surface area contributed by atoms with Gasteiger partial charge >= 0.3 is 0 Å². The third kappa shape index (κ3) is 1.83. The molecule has 0 saturated heterocycles. The van der Waals surface area contributed by atoms with E-state index in [9.17, 15) is 0 Å². The third-order valence-corrected chi connectivity index (χ3v) is 5.09. The number of fused-ring (bicyclic) bond motifs is 1. The van der Waals surface area contributed by atoms with Gasteiger partial charge in [-0.3, -0.25) is 4.68 Å². The standard InChI is InChI=1S/C13H12N6S2/c1-7-10(8(2)18(3)16-7)12-17-19-11(9-4-5-20-6-9)14-15-13(19)21-12/h4-6H,1-3H3. The molecule has 4 aromatic rings. The molecule has 0 aromatic carbocycles. The summed E-state index contributed by atoms with van der Waals surface area (Å²) in [5, 5.41) is 22.6. The normalized spacial score (nSPS) is 11.6. The minimum Gasteiger partial charge on any atom is -0.272 e. The highest BCUT2D eigenvalue weighted by Crippen LogP contribution is 2.32. The van der Waals surface area contributed by atoms with Crippen LogP contribution in [-0.2, 0) is 7.05 Å². The van der Waals surface area contributed by atoms with Gasteiger partial charge in [0.05, 0.1) is 11.3 Å². The van der Waals surface area contributed by atoms with Crippen molar-refractivity contribution in [3.8, 4) is 22.0 Å². The lowest BCUT2D eigenvalue weighted by Crippen LogP contribution is -1.93. The fourth-order valence-corrected chi connectivity index (χ4v) is 4.00. The van der Waals surface area contributed by atoms with E-state index in [-0.39, 0.29) is 0 Å². The smallest absolute Gasteiger partial charge is 0.235 e. The summed E-state index contributed by atoms with van der Waals surface area (Å²) in [6, 6.07) is 2.03. The number of thiophene rings is 1. The second-order valence-corrected chi connectivity index (χ2v) is 6.54. The van der Waals surface area contributed by atoms with E-state index in [1.165, 1.54) is 11.3 Å². The fourth-order valence-electron chi connectivity index (χ4n) is 2.37. The van der Waals surface area contributed by atoms with Crippen LogP contribution in [-0.4, -0.2) is 29.6 Å². The molecule has 4 aromatic heterocycles. The number of aromatic nitrogens is 6. The van der Waals surface area contributed by atoms with E-state index in [1.54, 1.807) is 11.3 Å². The molecular formula is C13H12N6S2. The zero-order valence-electron chi connectivity index (χ0n) is 11.7. The molecule has 4 heterocycles. The molecule has 0 amide bonds. The Bertz CT molecular complexity index is 928. The van der Waals surface area contributed by atoms with Gasteiger partial charge in [-0.05, 0) is 25.3 Å². The van der Waals surface area contributed by atoms with Crippen LogP contribution < -0.4 is 0 Å². The molecular weight excluding hydrogens is 304 g/mol. The van der Waals surface area contributed by atoms with Gasteiger partial charge in [0.1, 0.15) is 0 Å². The molecule has 0 atom stereocenters. The van der Waals surface area contributed by atoms with E-state index in [0.29, 0.717) is 0 Å². The number of hydrogen-bond donors (Lipinski definition) is 0. The largest absolute Gasteiger partial charge is 0.272 e. The van der Waals surface area contributed by atoms with E-state index in [2.05, 4.69) is 27.6 Å². The van der Waals surface area contributed by atoms with Crippen molar-refractivity contribution in [2.45, 2.75) is 13.8 Å². The first-order chi connectivity index (χ1) is 10.1. The lowest BCUT2D eigenvalue weighted by Gasteiger charge is -1.96. The van der Waals surface area contributed by atoms with Gasteiger partial charge in [-0.1, -0.05) is 11.3 Å². The molecule has 8 heteroatoms. The maximum Gasteiger partial charge on any atom is 0.235 e. The van der Waals surface area contributed by atoms with Crippen LogP contribution in [0.5, 0.6) is 0 Å². The molecule has 0 unspecified atom stereocenters. The van der Waals surface area contributed by atoms with Gasteiger partial charge in [-0.2, -0.15) is 26.0 Å². The van der Waals surface area contributed by atoms with Gasteiger partial charge in [0, 0.05) is 23.7 Å². The van der Waals surface area contributed by atoms with Crippen molar-refractivity contribution in [1.29, 1.82) is 0 Å². The van der Waals surface area contributed by atoms with Gasteiger partial charge < -0.3 is 0 Å². The summed E-state index contributed by atoms with van der Waals surface area (Å²) in [5.41, 5.74) is 4.22. The Morgan fingerprint density at radius 1 is 1.14 bits per heavy atom. The molecule has 0 fully saturated rings. The van der Waals surface area contributed by atoms with Crippen LogP contribution in [0.15, 0.2) is 16.8 Å². The number of aryl methyl sites for hydroxylation is 2. The monoisotopic (exact) mass is 316 g/mol. The molecule has 0 aliphatic heterocycles. The van der Waals surface area contributed by atoms with Gasteiger partial charge in [0.15, 0.2) is 10.8 Å². The van der Waals surface area contributed by atoms with Crippen molar-refractivity contribution >= 4 is 27.6 Å². The Hall–Kier alpha value is -2.06. The van der Waals surface area contributed by atoms with Crippen LogP contribution in [0.25, 0.3) is 26.9 Å². The van der Waals surface area contributed by atoms with Gasteiger partial charge in [0.25, 0.3) is 0 Å². The van der Waals surface area contributed by atoms with Crippen LogP contribution >= 0.6 is 22.7 Å². The molecule has 0 bridgehead atoms. The van der Waals surface area contributed by atoms with Gasteiger partial charge in [-0.15, -0.1) is 10.2 Å². The highest BCUT2D eigenvalue weighted by Gasteiger charge is 2.19.